The number of carbonyl (C=O) groups excluding carboxylic acids is 2. The number of phenols is 3. The molecule has 6 heteroatoms. The van der Waals surface area contributed by atoms with E-state index < -0.39 is 23.1 Å². The van der Waals surface area contributed by atoms with Crippen molar-refractivity contribution in [2.75, 3.05) is 7.11 Å². The Labute approximate surface area is 156 Å². The van der Waals surface area contributed by atoms with E-state index in [0.717, 1.165) is 19.3 Å². The lowest BCUT2D eigenvalue weighted by Gasteiger charge is -2.21. The summed E-state index contributed by atoms with van der Waals surface area (Å²) in [6.45, 7) is 2.05. The van der Waals surface area contributed by atoms with Gasteiger partial charge < -0.3 is 20.1 Å². The third-order valence-electron chi connectivity index (χ3n) is 4.60. The van der Waals surface area contributed by atoms with Crippen molar-refractivity contribution >= 4 is 17.6 Å². The minimum atomic E-state index is -0.680. The van der Waals surface area contributed by atoms with Crippen LogP contribution >= 0.6 is 0 Å². The van der Waals surface area contributed by atoms with Crippen LogP contribution in [0.3, 0.4) is 0 Å². The molecule has 27 heavy (non-hydrogen) atoms. The SMILES string of the molecule is CCCCC=Cc1c(O)cc2c(c1O)C(=O)c1c(O)cc(OC)cc1C2=O. The zero-order chi connectivity index (χ0) is 19.7. The average Bonchev–Trinajstić information content (AvgIpc) is 2.64. The van der Waals surface area contributed by atoms with Crippen LogP contribution in [0.5, 0.6) is 23.0 Å². The molecule has 0 saturated carbocycles. The Balaban J connectivity index is 2.17. The molecule has 0 aliphatic heterocycles. The fraction of sp³-hybridized carbons (Fsp3) is 0.238. The van der Waals surface area contributed by atoms with Crippen LogP contribution in [0.1, 0.15) is 63.6 Å². The molecule has 0 radical (unpaired) electrons. The Hall–Kier alpha value is -3.28. The standard InChI is InChI=1S/C21H20O6/c1-3-4-5-6-7-12-15(22)10-14-18(20(12)25)21(26)17-13(19(14)24)8-11(27-2)9-16(17)23/h6-10,22-23,25H,3-5H2,1-2H3. The summed E-state index contributed by atoms with van der Waals surface area (Å²) < 4.78 is 5.03. The summed E-state index contributed by atoms with van der Waals surface area (Å²) in [6.07, 6.45) is 6.02. The number of phenolic OH excluding ortho intramolecular Hbond substituents is 3. The lowest BCUT2D eigenvalue weighted by Crippen LogP contribution is -2.21. The maximum atomic E-state index is 12.9. The van der Waals surface area contributed by atoms with Crippen LogP contribution in [0, 0.1) is 0 Å². The number of carbonyl (C=O) groups is 2. The summed E-state index contributed by atoms with van der Waals surface area (Å²) in [6, 6.07) is 3.76. The van der Waals surface area contributed by atoms with Gasteiger partial charge in [-0.3, -0.25) is 9.59 Å². The van der Waals surface area contributed by atoms with E-state index in [1.54, 1.807) is 6.08 Å². The smallest absolute Gasteiger partial charge is 0.202 e. The summed E-state index contributed by atoms with van der Waals surface area (Å²) in [4.78, 5) is 25.7. The molecule has 0 atom stereocenters. The van der Waals surface area contributed by atoms with Gasteiger partial charge in [-0.2, -0.15) is 0 Å². The van der Waals surface area contributed by atoms with Crippen LogP contribution in [-0.2, 0) is 0 Å². The van der Waals surface area contributed by atoms with E-state index in [1.165, 1.54) is 31.4 Å². The van der Waals surface area contributed by atoms with Crippen molar-refractivity contribution in [1.29, 1.82) is 0 Å². The molecular formula is C21H20O6. The molecule has 1 aliphatic rings. The molecule has 0 amide bonds. The molecule has 0 heterocycles. The minimum absolute atomic E-state index is 0.0330. The van der Waals surface area contributed by atoms with Crippen LogP contribution in [0.2, 0.25) is 0 Å². The third-order valence-corrected chi connectivity index (χ3v) is 4.60. The highest BCUT2D eigenvalue weighted by atomic mass is 16.5. The third kappa shape index (κ3) is 3.03. The largest absolute Gasteiger partial charge is 0.507 e. The fourth-order valence-electron chi connectivity index (χ4n) is 3.17. The van der Waals surface area contributed by atoms with Crippen LogP contribution in [-0.4, -0.2) is 34.0 Å². The van der Waals surface area contributed by atoms with E-state index in [9.17, 15) is 24.9 Å². The zero-order valence-corrected chi connectivity index (χ0v) is 15.1. The molecule has 3 rings (SSSR count). The normalized spacial score (nSPS) is 13.0. The second-order valence-electron chi connectivity index (χ2n) is 6.35. The molecule has 0 aromatic heterocycles. The van der Waals surface area contributed by atoms with Crippen molar-refractivity contribution in [2.24, 2.45) is 0 Å². The first-order valence-corrected chi connectivity index (χ1v) is 8.66. The van der Waals surface area contributed by atoms with Gasteiger partial charge in [0.15, 0.2) is 5.78 Å². The van der Waals surface area contributed by atoms with Crippen molar-refractivity contribution in [3.8, 4) is 23.0 Å². The highest BCUT2D eigenvalue weighted by Crippen LogP contribution is 2.43. The Kier molecular flexibility index (Phi) is 4.90. The summed E-state index contributed by atoms with van der Waals surface area (Å²) in [5.41, 5.74) is -0.478. The first-order chi connectivity index (χ1) is 12.9. The highest BCUT2D eigenvalue weighted by molar-refractivity contribution is 6.30. The Morgan fingerprint density at radius 3 is 2.33 bits per heavy atom. The number of allylic oxidation sites excluding steroid dienone is 1. The van der Waals surface area contributed by atoms with Crippen LogP contribution < -0.4 is 4.74 Å². The molecule has 0 spiro atoms. The number of aromatic hydroxyl groups is 3. The lowest BCUT2D eigenvalue weighted by atomic mass is 9.81. The summed E-state index contributed by atoms with van der Waals surface area (Å²) in [7, 11) is 1.37. The second kappa shape index (κ2) is 7.15. The molecule has 6 nitrogen and oxygen atoms in total. The molecule has 2 aromatic carbocycles. The Morgan fingerprint density at radius 2 is 1.67 bits per heavy atom. The van der Waals surface area contributed by atoms with Crippen molar-refractivity contribution < 1.29 is 29.6 Å². The quantitative estimate of drug-likeness (QED) is 0.592. The van der Waals surface area contributed by atoms with Gasteiger partial charge in [-0.1, -0.05) is 31.9 Å². The van der Waals surface area contributed by atoms with Crippen LogP contribution in [0.15, 0.2) is 24.3 Å². The number of unbranched alkanes of at least 4 members (excludes halogenated alkanes) is 2. The van der Waals surface area contributed by atoms with Crippen LogP contribution in [0.25, 0.3) is 6.08 Å². The summed E-state index contributed by atoms with van der Waals surface area (Å²) in [5, 5.41) is 31.0. The molecular weight excluding hydrogens is 348 g/mol. The van der Waals surface area contributed by atoms with Gasteiger partial charge in [0.25, 0.3) is 0 Å². The van der Waals surface area contributed by atoms with Gasteiger partial charge in [0.2, 0.25) is 5.78 Å². The van der Waals surface area contributed by atoms with E-state index in [1.807, 2.05) is 6.92 Å². The van der Waals surface area contributed by atoms with E-state index in [-0.39, 0.29) is 39.3 Å². The number of rotatable bonds is 5. The number of hydrogen-bond donors (Lipinski definition) is 3. The van der Waals surface area contributed by atoms with Gasteiger partial charge in [0, 0.05) is 17.2 Å². The van der Waals surface area contributed by atoms with Gasteiger partial charge in [-0.15, -0.1) is 0 Å². The van der Waals surface area contributed by atoms with E-state index in [4.69, 9.17) is 4.74 Å². The predicted molar refractivity (Wildman–Crippen MR) is 99.9 cm³/mol. The maximum Gasteiger partial charge on any atom is 0.202 e. The fourth-order valence-corrected chi connectivity index (χ4v) is 3.17. The van der Waals surface area contributed by atoms with Crippen molar-refractivity contribution in [3.63, 3.8) is 0 Å². The lowest BCUT2D eigenvalue weighted by molar-refractivity contribution is 0.0973. The molecule has 140 valence electrons. The first-order valence-electron chi connectivity index (χ1n) is 8.66. The van der Waals surface area contributed by atoms with Crippen molar-refractivity contribution in [2.45, 2.75) is 26.2 Å². The molecule has 0 bridgehead atoms. The summed E-state index contributed by atoms with van der Waals surface area (Å²) in [5.74, 6) is -2.21. The van der Waals surface area contributed by atoms with E-state index in [2.05, 4.69) is 0 Å². The van der Waals surface area contributed by atoms with Crippen LogP contribution in [0.4, 0.5) is 0 Å². The van der Waals surface area contributed by atoms with Gasteiger partial charge >= 0.3 is 0 Å². The predicted octanol–water partition coefficient (Wildman–Crippen LogP) is 3.79. The topological polar surface area (TPSA) is 104 Å². The van der Waals surface area contributed by atoms with Gasteiger partial charge in [-0.05, 0) is 18.6 Å². The molecule has 0 saturated heterocycles. The molecule has 2 aromatic rings. The maximum absolute atomic E-state index is 12.9. The van der Waals surface area contributed by atoms with Gasteiger partial charge in [0.05, 0.1) is 23.8 Å². The number of methoxy groups -OCH3 is 1. The number of fused-ring (bicyclic) bond motifs is 2. The molecule has 1 aliphatic carbocycles. The molecule has 3 N–H and O–H groups in total. The minimum Gasteiger partial charge on any atom is -0.507 e. The molecule has 0 unspecified atom stereocenters. The number of ketones is 2. The molecule has 0 fully saturated rings. The number of ether oxygens (including phenoxy) is 1. The highest BCUT2D eigenvalue weighted by Gasteiger charge is 2.36. The number of hydrogen-bond acceptors (Lipinski definition) is 6. The second-order valence-corrected chi connectivity index (χ2v) is 6.35. The number of benzene rings is 2. The Bertz CT molecular complexity index is 971. The zero-order valence-electron chi connectivity index (χ0n) is 15.1. The Morgan fingerprint density at radius 1 is 0.963 bits per heavy atom. The van der Waals surface area contributed by atoms with E-state index in [0.29, 0.717) is 0 Å². The van der Waals surface area contributed by atoms with Crippen molar-refractivity contribution in [3.05, 3.63) is 52.1 Å². The van der Waals surface area contributed by atoms with Gasteiger partial charge in [0.1, 0.15) is 23.0 Å². The average molecular weight is 368 g/mol. The monoisotopic (exact) mass is 368 g/mol. The summed E-state index contributed by atoms with van der Waals surface area (Å²) >= 11 is 0. The first kappa shape index (κ1) is 18.5. The van der Waals surface area contributed by atoms with Crippen molar-refractivity contribution in [1.82, 2.24) is 0 Å². The van der Waals surface area contributed by atoms with E-state index >= 15 is 0 Å². The van der Waals surface area contributed by atoms with Gasteiger partial charge in [-0.25, -0.2) is 0 Å².